The summed E-state index contributed by atoms with van der Waals surface area (Å²) in [7, 11) is 1.38. The summed E-state index contributed by atoms with van der Waals surface area (Å²) >= 11 is 0. The number of para-hydroxylation sites is 1. The highest BCUT2D eigenvalue weighted by Gasteiger charge is 2.33. The summed E-state index contributed by atoms with van der Waals surface area (Å²) < 4.78 is 50.6. The molecule has 3 aromatic carbocycles. The molecule has 0 radical (unpaired) electrons. The molecule has 184 valence electrons. The van der Waals surface area contributed by atoms with Gasteiger partial charge >= 0.3 is 6.18 Å². The number of amides is 1. The Hall–Kier alpha value is -4.85. The fourth-order valence-electron chi connectivity index (χ4n) is 3.11. The summed E-state index contributed by atoms with van der Waals surface area (Å²) in [5.74, 6) is -0.410. The maximum Gasteiger partial charge on any atom is 0.418 e. The largest absolute Gasteiger partial charge is 0.493 e. The molecule has 0 aromatic heterocycles. The lowest BCUT2D eigenvalue weighted by Gasteiger charge is -2.13. The summed E-state index contributed by atoms with van der Waals surface area (Å²) in [6.07, 6.45) is -3.48. The first-order valence-electron chi connectivity index (χ1n) is 10.3. The predicted molar refractivity (Wildman–Crippen MR) is 124 cm³/mol. The second kappa shape index (κ2) is 11.1. The van der Waals surface area contributed by atoms with Gasteiger partial charge in [-0.05, 0) is 53.6 Å². The van der Waals surface area contributed by atoms with Crippen LogP contribution in [0.3, 0.4) is 0 Å². The van der Waals surface area contributed by atoms with Crippen LogP contribution in [-0.4, -0.2) is 17.9 Å². The van der Waals surface area contributed by atoms with Gasteiger partial charge in [0.2, 0.25) is 0 Å². The van der Waals surface area contributed by atoms with Gasteiger partial charge in [-0.2, -0.15) is 18.4 Å². The fourth-order valence-corrected chi connectivity index (χ4v) is 3.11. The molecule has 0 saturated carbocycles. The summed E-state index contributed by atoms with van der Waals surface area (Å²) in [6.45, 7) is 0.0913. The summed E-state index contributed by atoms with van der Waals surface area (Å²) in [5, 5.41) is 22.3. The number of methoxy groups -OCH3 is 1. The maximum atomic E-state index is 13.2. The van der Waals surface area contributed by atoms with E-state index in [0.29, 0.717) is 16.9 Å². The first kappa shape index (κ1) is 25.8. The third kappa shape index (κ3) is 6.38. The molecule has 36 heavy (non-hydrogen) atoms. The number of carbonyl (C=O) groups is 1. The van der Waals surface area contributed by atoms with Crippen molar-refractivity contribution >= 4 is 23.4 Å². The van der Waals surface area contributed by atoms with Gasteiger partial charge in [-0.1, -0.05) is 18.2 Å². The number of halogens is 3. The zero-order chi connectivity index (χ0) is 26.3. The van der Waals surface area contributed by atoms with Crippen molar-refractivity contribution in [2.75, 3.05) is 12.4 Å². The first-order chi connectivity index (χ1) is 17.1. The number of nitrogens with one attached hydrogen (secondary N) is 1. The van der Waals surface area contributed by atoms with Crippen LogP contribution >= 0.6 is 0 Å². The first-order valence-corrected chi connectivity index (χ1v) is 10.3. The van der Waals surface area contributed by atoms with Gasteiger partial charge in [-0.15, -0.1) is 0 Å². The van der Waals surface area contributed by atoms with E-state index in [0.717, 1.165) is 12.1 Å². The number of nitrogens with zero attached hydrogens (tertiary/aromatic N) is 2. The van der Waals surface area contributed by atoms with Gasteiger partial charge in [0, 0.05) is 12.1 Å². The highest BCUT2D eigenvalue weighted by atomic mass is 19.4. The number of rotatable bonds is 8. The number of nitriles is 1. The van der Waals surface area contributed by atoms with Crippen LogP contribution in [0.5, 0.6) is 11.5 Å². The molecule has 0 atom stereocenters. The second-order valence-corrected chi connectivity index (χ2v) is 7.29. The van der Waals surface area contributed by atoms with Crippen molar-refractivity contribution in [2.24, 2.45) is 0 Å². The average molecular weight is 497 g/mol. The number of hydrogen-bond acceptors (Lipinski definition) is 6. The quantitative estimate of drug-likeness (QED) is 0.184. The molecule has 3 aromatic rings. The van der Waals surface area contributed by atoms with Gasteiger partial charge in [-0.3, -0.25) is 14.9 Å². The lowest BCUT2D eigenvalue weighted by Crippen LogP contribution is -2.17. The number of alkyl halides is 3. The van der Waals surface area contributed by atoms with Crippen LogP contribution in [0.25, 0.3) is 6.08 Å². The molecule has 3 rings (SSSR count). The van der Waals surface area contributed by atoms with Crippen LogP contribution in [0.15, 0.2) is 72.3 Å². The van der Waals surface area contributed by atoms with Crippen LogP contribution in [0.1, 0.15) is 16.7 Å². The van der Waals surface area contributed by atoms with Gasteiger partial charge < -0.3 is 14.8 Å². The van der Waals surface area contributed by atoms with E-state index >= 15 is 0 Å². The molecule has 1 amide bonds. The predicted octanol–water partition coefficient (Wildman–Crippen LogP) is 5.75. The number of ether oxygens (including phenoxy) is 2. The average Bonchev–Trinajstić information content (AvgIpc) is 2.86. The third-order valence-electron chi connectivity index (χ3n) is 4.89. The number of benzene rings is 3. The zero-order valence-electron chi connectivity index (χ0n) is 18.7. The minimum Gasteiger partial charge on any atom is -0.493 e. The SMILES string of the molecule is COc1cc(/C=C(\C#N)C(=O)Nc2ccccc2C(F)(F)F)ccc1OCc1ccc([N+](=O)[O-])cc1. The molecule has 0 aliphatic carbocycles. The summed E-state index contributed by atoms with van der Waals surface area (Å²) in [5.41, 5.74) is -0.935. The molecule has 0 spiro atoms. The van der Waals surface area contributed by atoms with Crippen molar-refractivity contribution < 1.29 is 32.4 Å². The Balaban J connectivity index is 1.77. The van der Waals surface area contributed by atoms with Crippen molar-refractivity contribution in [2.45, 2.75) is 12.8 Å². The molecule has 11 heteroatoms. The Morgan fingerprint density at radius 2 is 1.81 bits per heavy atom. The van der Waals surface area contributed by atoms with E-state index in [1.54, 1.807) is 18.2 Å². The zero-order valence-corrected chi connectivity index (χ0v) is 18.7. The van der Waals surface area contributed by atoms with E-state index in [4.69, 9.17) is 9.47 Å². The van der Waals surface area contributed by atoms with Crippen molar-refractivity contribution in [3.8, 4) is 17.6 Å². The van der Waals surface area contributed by atoms with Crippen LogP contribution in [0, 0.1) is 21.4 Å². The van der Waals surface area contributed by atoms with Crippen molar-refractivity contribution in [1.29, 1.82) is 5.26 Å². The molecule has 0 fully saturated rings. The van der Waals surface area contributed by atoms with Gasteiger partial charge in [-0.25, -0.2) is 0 Å². The van der Waals surface area contributed by atoms with E-state index < -0.39 is 33.8 Å². The lowest BCUT2D eigenvalue weighted by atomic mass is 10.1. The Morgan fingerprint density at radius 1 is 1.11 bits per heavy atom. The van der Waals surface area contributed by atoms with E-state index in [9.17, 15) is 33.3 Å². The van der Waals surface area contributed by atoms with Crippen LogP contribution in [0.2, 0.25) is 0 Å². The van der Waals surface area contributed by atoms with Crippen molar-refractivity contribution in [1.82, 2.24) is 0 Å². The monoisotopic (exact) mass is 497 g/mol. The third-order valence-corrected chi connectivity index (χ3v) is 4.89. The second-order valence-electron chi connectivity index (χ2n) is 7.29. The fraction of sp³-hybridized carbons (Fsp3) is 0.120. The Bertz CT molecular complexity index is 1350. The van der Waals surface area contributed by atoms with Gasteiger partial charge in [0.1, 0.15) is 18.2 Å². The molecule has 0 aliphatic rings. The molecule has 0 heterocycles. The molecule has 0 aliphatic heterocycles. The highest BCUT2D eigenvalue weighted by Crippen LogP contribution is 2.35. The minimum absolute atomic E-state index is 0.0494. The molecule has 1 N–H and O–H groups in total. The molecular weight excluding hydrogens is 479 g/mol. The molecule has 8 nitrogen and oxygen atoms in total. The summed E-state index contributed by atoms with van der Waals surface area (Å²) in [6, 6.07) is 16.5. The topological polar surface area (TPSA) is 114 Å². The standard InChI is InChI=1S/C25H18F3N3O5/c1-35-23-13-17(8-11-22(23)36-15-16-6-9-19(10-7-16)31(33)34)12-18(14-29)24(32)30-21-5-3-2-4-20(21)25(26,27)28/h2-13H,15H2,1H3,(H,30,32)/b18-12+. The Kier molecular flexibility index (Phi) is 7.91. The van der Waals surface area contributed by atoms with E-state index in [2.05, 4.69) is 5.32 Å². The number of nitro groups is 1. The number of hydrogen-bond donors (Lipinski definition) is 1. The molecule has 0 bridgehead atoms. The number of nitro benzene ring substituents is 1. The highest BCUT2D eigenvalue weighted by molar-refractivity contribution is 6.10. The van der Waals surface area contributed by atoms with Gasteiger partial charge in [0.05, 0.1) is 23.3 Å². The van der Waals surface area contributed by atoms with Crippen LogP contribution in [0.4, 0.5) is 24.5 Å². The smallest absolute Gasteiger partial charge is 0.418 e. The summed E-state index contributed by atoms with van der Waals surface area (Å²) in [4.78, 5) is 22.8. The minimum atomic E-state index is -4.68. The Labute approximate surface area is 203 Å². The van der Waals surface area contributed by atoms with Crippen molar-refractivity contribution in [3.63, 3.8) is 0 Å². The normalized spacial score (nSPS) is 11.4. The lowest BCUT2D eigenvalue weighted by molar-refractivity contribution is -0.384. The molecule has 0 saturated heterocycles. The van der Waals surface area contributed by atoms with E-state index in [-0.39, 0.29) is 18.0 Å². The number of anilines is 1. The Morgan fingerprint density at radius 3 is 2.42 bits per heavy atom. The maximum absolute atomic E-state index is 13.2. The molecular formula is C25H18F3N3O5. The van der Waals surface area contributed by atoms with Crippen LogP contribution < -0.4 is 14.8 Å². The van der Waals surface area contributed by atoms with Gasteiger partial charge in [0.15, 0.2) is 11.5 Å². The molecule has 0 unspecified atom stereocenters. The van der Waals surface area contributed by atoms with Crippen molar-refractivity contribution in [3.05, 3.63) is 99.1 Å². The van der Waals surface area contributed by atoms with Crippen LogP contribution in [-0.2, 0) is 17.6 Å². The van der Waals surface area contributed by atoms with E-state index in [1.807, 2.05) is 0 Å². The van der Waals surface area contributed by atoms with Gasteiger partial charge in [0.25, 0.3) is 11.6 Å². The number of carbonyl (C=O) groups excluding carboxylic acids is 1. The number of non-ortho nitro benzene ring substituents is 1. The van der Waals surface area contributed by atoms with E-state index in [1.165, 1.54) is 55.7 Å².